The van der Waals surface area contributed by atoms with Crippen molar-refractivity contribution in [2.75, 3.05) is 0 Å². The van der Waals surface area contributed by atoms with Crippen LogP contribution in [0.15, 0.2) is 39.3 Å². The zero-order valence-electron chi connectivity index (χ0n) is 13.6. The summed E-state index contributed by atoms with van der Waals surface area (Å²) in [6.45, 7) is 5.09. The number of halogens is 1. The fourth-order valence-electron chi connectivity index (χ4n) is 2.26. The summed E-state index contributed by atoms with van der Waals surface area (Å²) < 4.78 is 14.7. The molecule has 1 aromatic carbocycles. The van der Waals surface area contributed by atoms with Gasteiger partial charge in [-0.2, -0.15) is 5.26 Å². The van der Waals surface area contributed by atoms with Gasteiger partial charge in [-0.25, -0.2) is 4.39 Å². The van der Waals surface area contributed by atoms with Crippen molar-refractivity contribution in [1.29, 1.82) is 5.26 Å². The normalized spacial score (nSPS) is 12.3. The van der Waals surface area contributed by atoms with Crippen LogP contribution >= 0.6 is 0 Å². The van der Waals surface area contributed by atoms with Gasteiger partial charge in [0.05, 0.1) is 0 Å². The summed E-state index contributed by atoms with van der Waals surface area (Å²) in [6, 6.07) is 7.32. The molecule has 1 N–H and O–H groups in total. The topological polar surface area (TPSA) is 90.7 Å². The van der Waals surface area contributed by atoms with Crippen LogP contribution in [0, 0.1) is 24.1 Å². The lowest BCUT2D eigenvalue weighted by molar-refractivity contribution is 0.372. The van der Waals surface area contributed by atoms with Gasteiger partial charge in [-0.05, 0) is 32.4 Å². The third-order valence-electron chi connectivity index (χ3n) is 3.86. The molecular formula is C17H17FN4O2. The second-order valence-electron chi connectivity index (χ2n) is 5.37. The van der Waals surface area contributed by atoms with Crippen molar-refractivity contribution in [3.05, 3.63) is 51.6 Å². The summed E-state index contributed by atoms with van der Waals surface area (Å²) in [4.78, 5) is 12.6. The molecular weight excluding hydrogens is 311 g/mol. The van der Waals surface area contributed by atoms with E-state index in [1.54, 1.807) is 13.0 Å². The Hall–Kier alpha value is -3.01. The summed E-state index contributed by atoms with van der Waals surface area (Å²) in [6.07, 6.45) is 0.575. The van der Waals surface area contributed by atoms with Crippen molar-refractivity contribution in [1.82, 2.24) is 4.57 Å². The van der Waals surface area contributed by atoms with Gasteiger partial charge in [-0.3, -0.25) is 9.36 Å². The van der Waals surface area contributed by atoms with Crippen LogP contribution in [0.25, 0.3) is 0 Å². The lowest BCUT2D eigenvalue weighted by Crippen LogP contribution is -2.24. The maximum atomic E-state index is 13.6. The lowest BCUT2D eigenvalue weighted by Gasteiger charge is -2.17. The second kappa shape index (κ2) is 7.04. The number of nitriles is 1. The molecule has 0 amide bonds. The third-order valence-corrected chi connectivity index (χ3v) is 3.86. The van der Waals surface area contributed by atoms with E-state index >= 15 is 0 Å². The number of nitrogens with zero attached hydrogens (tertiary/aromatic N) is 4. The first kappa shape index (κ1) is 17.3. The number of azo groups is 1. The van der Waals surface area contributed by atoms with Gasteiger partial charge in [0, 0.05) is 11.6 Å². The number of benzene rings is 1. The SMILES string of the molecule is CCC(C)n1c(O)c(C#N)c(C)c(N=Nc2ccccc2F)c1=O. The zero-order chi connectivity index (χ0) is 17.9. The monoisotopic (exact) mass is 328 g/mol. The molecule has 0 aliphatic heterocycles. The van der Waals surface area contributed by atoms with Crippen molar-refractivity contribution in [2.24, 2.45) is 10.2 Å². The van der Waals surface area contributed by atoms with E-state index in [0.29, 0.717) is 6.42 Å². The highest BCUT2D eigenvalue weighted by Gasteiger charge is 2.21. The van der Waals surface area contributed by atoms with Crippen molar-refractivity contribution < 1.29 is 9.50 Å². The minimum absolute atomic E-state index is 0.0158. The molecule has 0 fully saturated rings. The number of aromatic nitrogens is 1. The molecule has 0 saturated heterocycles. The van der Waals surface area contributed by atoms with E-state index in [0.717, 1.165) is 4.57 Å². The van der Waals surface area contributed by atoms with Crippen LogP contribution in [-0.2, 0) is 0 Å². The van der Waals surface area contributed by atoms with Crippen LogP contribution in [-0.4, -0.2) is 9.67 Å². The highest BCUT2D eigenvalue weighted by molar-refractivity contribution is 5.57. The summed E-state index contributed by atoms with van der Waals surface area (Å²) in [7, 11) is 0. The zero-order valence-corrected chi connectivity index (χ0v) is 13.6. The Kier molecular flexibility index (Phi) is 5.09. The predicted octanol–water partition coefficient (Wildman–Crippen LogP) is 4.26. The molecule has 1 aromatic heterocycles. The number of hydrogen-bond acceptors (Lipinski definition) is 5. The molecule has 2 aromatic rings. The van der Waals surface area contributed by atoms with Crippen LogP contribution in [0.5, 0.6) is 5.88 Å². The Morgan fingerprint density at radius 3 is 2.62 bits per heavy atom. The fourth-order valence-corrected chi connectivity index (χ4v) is 2.26. The van der Waals surface area contributed by atoms with Crippen LogP contribution in [0.2, 0.25) is 0 Å². The molecule has 6 nitrogen and oxygen atoms in total. The van der Waals surface area contributed by atoms with Crippen molar-refractivity contribution in [3.8, 4) is 11.9 Å². The van der Waals surface area contributed by atoms with Crippen LogP contribution in [0.4, 0.5) is 15.8 Å². The molecule has 7 heteroatoms. The molecule has 0 aliphatic carbocycles. The summed E-state index contributed by atoms with van der Waals surface area (Å²) in [5.41, 5.74) is -0.513. The Morgan fingerprint density at radius 2 is 2.04 bits per heavy atom. The Bertz CT molecular complexity index is 897. The maximum Gasteiger partial charge on any atom is 0.281 e. The maximum absolute atomic E-state index is 13.6. The van der Waals surface area contributed by atoms with E-state index < -0.39 is 11.4 Å². The highest BCUT2D eigenvalue weighted by atomic mass is 19.1. The summed E-state index contributed by atoms with van der Waals surface area (Å²) in [5, 5.41) is 27.1. The molecule has 2 rings (SSSR count). The van der Waals surface area contributed by atoms with E-state index in [4.69, 9.17) is 0 Å². The van der Waals surface area contributed by atoms with Gasteiger partial charge in [0.1, 0.15) is 17.3 Å². The molecule has 24 heavy (non-hydrogen) atoms. The van der Waals surface area contributed by atoms with Gasteiger partial charge >= 0.3 is 0 Å². The molecule has 1 unspecified atom stereocenters. The molecule has 1 heterocycles. The standard InChI is InChI=1S/C17H17FN4O2/c1-4-10(2)22-16(23)12(9-19)11(3)15(17(22)24)21-20-14-8-6-5-7-13(14)18/h5-8,10,23H,4H2,1-3H3. The fraction of sp³-hybridized carbons (Fsp3) is 0.294. The van der Waals surface area contributed by atoms with Gasteiger partial charge < -0.3 is 5.11 Å². The number of pyridine rings is 1. The Labute approximate surface area is 138 Å². The molecule has 0 spiro atoms. The number of rotatable bonds is 4. The first-order chi connectivity index (χ1) is 11.4. The molecule has 0 radical (unpaired) electrons. The predicted molar refractivity (Wildman–Crippen MR) is 87.4 cm³/mol. The largest absolute Gasteiger partial charge is 0.493 e. The van der Waals surface area contributed by atoms with Gasteiger partial charge in [0.2, 0.25) is 5.88 Å². The van der Waals surface area contributed by atoms with E-state index in [2.05, 4.69) is 10.2 Å². The molecule has 1 atom stereocenters. The van der Waals surface area contributed by atoms with E-state index in [-0.39, 0.29) is 34.4 Å². The van der Waals surface area contributed by atoms with Gasteiger partial charge in [-0.1, -0.05) is 19.1 Å². The molecule has 0 aliphatic rings. The molecule has 124 valence electrons. The molecule has 0 saturated carbocycles. The minimum Gasteiger partial charge on any atom is -0.493 e. The van der Waals surface area contributed by atoms with E-state index in [9.17, 15) is 19.6 Å². The Balaban J connectivity index is 2.69. The quantitative estimate of drug-likeness (QED) is 0.850. The molecule has 0 bridgehead atoms. The van der Waals surface area contributed by atoms with Gasteiger partial charge in [0.15, 0.2) is 11.5 Å². The first-order valence-corrected chi connectivity index (χ1v) is 7.46. The second-order valence-corrected chi connectivity index (χ2v) is 5.37. The summed E-state index contributed by atoms with van der Waals surface area (Å²) in [5.74, 6) is -0.959. The average molecular weight is 328 g/mol. The van der Waals surface area contributed by atoms with Crippen molar-refractivity contribution in [2.45, 2.75) is 33.2 Å². The third kappa shape index (κ3) is 3.04. The highest BCUT2D eigenvalue weighted by Crippen LogP contribution is 2.29. The van der Waals surface area contributed by atoms with Crippen LogP contribution in [0.3, 0.4) is 0 Å². The lowest BCUT2D eigenvalue weighted by atomic mass is 10.1. The van der Waals surface area contributed by atoms with E-state index in [1.807, 2.05) is 13.0 Å². The van der Waals surface area contributed by atoms with E-state index in [1.165, 1.54) is 25.1 Å². The van der Waals surface area contributed by atoms with Crippen molar-refractivity contribution >= 4 is 11.4 Å². The van der Waals surface area contributed by atoms with Gasteiger partial charge in [0.25, 0.3) is 5.56 Å². The summed E-state index contributed by atoms with van der Waals surface area (Å²) >= 11 is 0. The number of aromatic hydroxyl groups is 1. The van der Waals surface area contributed by atoms with Crippen molar-refractivity contribution in [3.63, 3.8) is 0 Å². The van der Waals surface area contributed by atoms with Gasteiger partial charge in [-0.15, -0.1) is 10.2 Å². The first-order valence-electron chi connectivity index (χ1n) is 7.46. The Morgan fingerprint density at radius 1 is 1.38 bits per heavy atom. The average Bonchev–Trinajstić information content (AvgIpc) is 2.56. The number of hydrogen-bond donors (Lipinski definition) is 1. The van der Waals surface area contributed by atoms with Crippen LogP contribution < -0.4 is 5.56 Å². The minimum atomic E-state index is -0.571. The smallest absolute Gasteiger partial charge is 0.281 e. The van der Waals surface area contributed by atoms with Crippen LogP contribution in [0.1, 0.15) is 37.4 Å².